The lowest BCUT2D eigenvalue weighted by atomic mass is 10.0. The monoisotopic (exact) mass is 335 g/mol. The van der Waals surface area contributed by atoms with Crippen LogP contribution in [0.2, 0.25) is 5.02 Å². The molecule has 0 aliphatic carbocycles. The number of carbonyl (C=O) groups is 1. The van der Waals surface area contributed by atoms with Crippen molar-refractivity contribution in [1.29, 1.82) is 0 Å². The van der Waals surface area contributed by atoms with Gasteiger partial charge in [-0.2, -0.15) is 0 Å². The van der Waals surface area contributed by atoms with E-state index in [0.29, 0.717) is 16.3 Å². The predicted octanol–water partition coefficient (Wildman–Crippen LogP) is 3.43. The molecule has 0 N–H and O–H groups in total. The predicted molar refractivity (Wildman–Crippen MR) is 86.1 cm³/mol. The lowest BCUT2D eigenvalue weighted by molar-refractivity contribution is 0.0982. The highest BCUT2D eigenvalue weighted by Gasteiger charge is 2.32. The van der Waals surface area contributed by atoms with E-state index in [2.05, 4.69) is 0 Å². The van der Waals surface area contributed by atoms with Gasteiger partial charge in [0.2, 0.25) is 0 Å². The average molecular weight is 336 g/mol. The summed E-state index contributed by atoms with van der Waals surface area (Å²) >= 11 is 5.92. The number of aryl methyl sites for hydroxylation is 1. The minimum absolute atomic E-state index is 0.0899. The van der Waals surface area contributed by atoms with Crippen LogP contribution in [0.3, 0.4) is 0 Å². The summed E-state index contributed by atoms with van der Waals surface area (Å²) in [5.74, 6) is -0.0899. The Labute approximate surface area is 134 Å². The number of fused-ring (bicyclic) bond motifs is 1. The van der Waals surface area contributed by atoms with Crippen LogP contribution in [-0.4, -0.2) is 20.7 Å². The second-order valence-electron chi connectivity index (χ2n) is 5.22. The van der Waals surface area contributed by atoms with E-state index in [4.69, 9.17) is 11.6 Å². The molecule has 0 bridgehead atoms. The quantitative estimate of drug-likeness (QED) is 0.844. The number of rotatable bonds is 2. The van der Waals surface area contributed by atoms with Crippen molar-refractivity contribution in [3.8, 4) is 0 Å². The topological polar surface area (TPSA) is 54.5 Å². The Bertz CT molecular complexity index is 844. The van der Waals surface area contributed by atoms with E-state index < -0.39 is 10.0 Å². The smallest absolute Gasteiger partial charge is 0.264 e. The first-order valence-electron chi connectivity index (χ1n) is 6.82. The Kier molecular flexibility index (Phi) is 3.70. The lowest BCUT2D eigenvalue weighted by Crippen LogP contribution is -2.37. The number of benzene rings is 2. The molecule has 1 aliphatic heterocycles. The molecular weight excluding hydrogens is 322 g/mol. The second-order valence-corrected chi connectivity index (χ2v) is 7.52. The highest BCUT2D eigenvalue weighted by atomic mass is 35.5. The number of anilines is 1. The van der Waals surface area contributed by atoms with Gasteiger partial charge < -0.3 is 0 Å². The first kappa shape index (κ1) is 15.1. The van der Waals surface area contributed by atoms with Crippen molar-refractivity contribution in [2.75, 3.05) is 10.8 Å². The molecule has 0 atom stereocenters. The molecule has 2 aromatic carbocycles. The standard InChI is InChI=1S/C16H14ClNO3S/c1-11-2-5-13(6-3-11)22(20,21)18-9-8-16(19)14-10-12(17)4-7-15(14)18/h2-7,10H,8-9H2,1H3. The maximum Gasteiger partial charge on any atom is 0.264 e. The molecule has 0 saturated carbocycles. The molecule has 0 saturated heterocycles. The van der Waals surface area contributed by atoms with Crippen molar-refractivity contribution in [2.24, 2.45) is 0 Å². The van der Waals surface area contributed by atoms with Crippen molar-refractivity contribution < 1.29 is 13.2 Å². The number of sulfonamides is 1. The van der Waals surface area contributed by atoms with Crippen LogP contribution in [0.4, 0.5) is 5.69 Å². The van der Waals surface area contributed by atoms with Crippen LogP contribution in [0, 0.1) is 6.92 Å². The largest absolute Gasteiger partial charge is 0.294 e. The number of hydrogen-bond donors (Lipinski definition) is 0. The molecule has 3 rings (SSSR count). The van der Waals surface area contributed by atoms with Crippen LogP contribution in [0.25, 0.3) is 0 Å². The second kappa shape index (κ2) is 5.41. The molecule has 1 heterocycles. The molecule has 0 spiro atoms. The third kappa shape index (κ3) is 2.51. The van der Waals surface area contributed by atoms with Gasteiger partial charge in [-0.3, -0.25) is 9.10 Å². The molecule has 0 radical (unpaired) electrons. The highest BCUT2D eigenvalue weighted by molar-refractivity contribution is 7.92. The SMILES string of the molecule is Cc1ccc(S(=O)(=O)N2CCC(=O)c3cc(Cl)ccc32)cc1. The summed E-state index contributed by atoms with van der Waals surface area (Å²) in [5, 5.41) is 0.418. The number of Topliss-reactive ketones (excluding diaryl/α,β-unsaturated/α-hetero) is 1. The summed E-state index contributed by atoms with van der Waals surface area (Å²) in [5.41, 5.74) is 1.73. The molecule has 1 aliphatic rings. The van der Waals surface area contributed by atoms with Crippen molar-refractivity contribution in [3.63, 3.8) is 0 Å². The Morgan fingerprint density at radius 3 is 2.45 bits per heavy atom. The van der Waals surface area contributed by atoms with Crippen LogP contribution < -0.4 is 4.31 Å². The highest BCUT2D eigenvalue weighted by Crippen LogP contribution is 2.33. The fourth-order valence-electron chi connectivity index (χ4n) is 2.49. The molecular formula is C16H14ClNO3S. The number of halogens is 1. The van der Waals surface area contributed by atoms with Gasteiger partial charge in [0.1, 0.15) is 0 Å². The van der Waals surface area contributed by atoms with Crippen molar-refractivity contribution >= 4 is 33.1 Å². The van der Waals surface area contributed by atoms with Gasteiger partial charge in [0.05, 0.1) is 10.6 Å². The Morgan fingerprint density at radius 2 is 1.77 bits per heavy atom. The molecule has 0 fully saturated rings. The normalized spacial score (nSPS) is 14.8. The summed E-state index contributed by atoms with van der Waals surface area (Å²) < 4.78 is 27.0. The van der Waals surface area contributed by atoms with E-state index in [1.54, 1.807) is 36.4 Å². The zero-order chi connectivity index (χ0) is 15.9. The van der Waals surface area contributed by atoms with Crippen LogP contribution in [0.1, 0.15) is 22.3 Å². The fourth-order valence-corrected chi connectivity index (χ4v) is 4.15. The van der Waals surface area contributed by atoms with Crippen molar-refractivity contribution in [2.45, 2.75) is 18.2 Å². The molecule has 0 amide bonds. The maximum atomic E-state index is 12.8. The number of ketones is 1. The van der Waals surface area contributed by atoms with Crippen LogP contribution in [-0.2, 0) is 10.0 Å². The van der Waals surface area contributed by atoms with E-state index in [0.717, 1.165) is 5.56 Å². The molecule has 114 valence electrons. The van der Waals surface area contributed by atoms with Gasteiger partial charge in [0, 0.05) is 23.6 Å². The number of hydrogen-bond acceptors (Lipinski definition) is 3. The van der Waals surface area contributed by atoms with E-state index in [9.17, 15) is 13.2 Å². The maximum absolute atomic E-state index is 12.8. The van der Waals surface area contributed by atoms with E-state index in [-0.39, 0.29) is 23.6 Å². The van der Waals surface area contributed by atoms with Gasteiger partial charge in [-0.15, -0.1) is 0 Å². The van der Waals surface area contributed by atoms with Gasteiger partial charge in [-0.1, -0.05) is 29.3 Å². The number of nitrogens with zero attached hydrogens (tertiary/aromatic N) is 1. The van der Waals surface area contributed by atoms with Gasteiger partial charge in [0.15, 0.2) is 5.78 Å². The third-order valence-corrected chi connectivity index (χ3v) is 5.74. The third-order valence-electron chi connectivity index (χ3n) is 3.68. The molecule has 2 aromatic rings. The molecule has 22 heavy (non-hydrogen) atoms. The van der Waals surface area contributed by atoms with Crippen molar-refractivity contribution in [1.82, 2.24) is 0 Å². The molecule has 4 nitrogen and oxygen atoms in total. The van der Waals surface area contributed by atoms with Crippen LogP contribution in [0.5, 0.6) is 0 Å². The Morgan fingerprint density at radius 1 is 1.09 bits per heavy atom. The van der Waals surface area contributed by atoms with Gasteiger partial charge >= 0.3 is 0 Å². The molecule has 6 heteroatoms. The average Bonchev–Trinajstić information content (AvgIpc) is 2.48. The molecule has 0 aromatic heterocycles. The van der Waals surface area contributed by atoms with Crippen molar-refractivity contribution in [3.05, 3.63) is 58.6 Å². The minimum Gasteiger partial charge on any atom is -0.294 e. The first-order valence-corrected chi connectivity index (χ1v) is 8.63. The Hall–Kier alpha value is -1.85. The Balaban J connectivity index is 2.11. The van der Waals surface area contributed by atoms with Gasteiger partial charge in [-0.25, -0.2) is 8.42 Å². The first-order chi connectivity index (χ1) is 10.4. The van der Waals surface area contributed by atoms with Crippen LogP contribution >= 0.6 is 11.6 Å². The minimum atomic E-state index is -3.69. The fraction of sp³-hybridized carbons (Fsp3) is 0.188. The van der Waals surface area contributed by atoms with Gasteiger partial charge in [-0.05, 0) is 37.3 Å². The summed E-state index contributed by atoms with van der Waals surface area (Å²) in [6.07, 6.45) is 0.151. The number of carbonyl (C=O) groups excluding carboxylic acids is 1. The van der Waals surface area contributed by atoms with E-state index in [1.165, 1.54) is 10.4 Å². The van der Waals surface area contributed by atoms with Crippen LogP contribution in [0.15, 0.2) is 47.4 Å². The summed E-state index contributed by atoms with van der Waals surface area (Å²) in [7, 11) is -3.69. The van der Waals surface area contributed by atoms with E-state index in [1.807, 2.05) is 6.92 Å². The zero-order valence-electron chi connectivity index (χ0n) is 11.9. The summed E-state index contributed by atoms with van der Waals surface area (Å²) in [6, 6.07) is 11.4. The van der Waals surface area contributed by atoms with E-state index >= 15 is 0 Å². The molecule has 0 unspecified atom stereocenters. The summed E-state index contributed by atoms with van der Waals surface area (Å²) in [4.78, 5) is 12.2. The zero-order valence-corrected chi connectivity index (χ0v) is 13.5. The summed E-state index contributed by atoms with van der Waals surface area (Å²) in [6.45, 7) is 2.04. The van der Waals surface area contributed by atoms with Gasteiger partial charge in [0.25, 0.3) is 10.0 Å². The lowest BCUT2D eigenvalue weighted by Gasteiger charge is -2.29.